The molecule has 8 N–H and O–H groups in total. The van der Waals surface area contributed by atoms with Crippen LogP contribution in [0.15, 0.2) is 0 Å². The van der Waals surface area contributed by atoms with Gasteiger partial charge < -0.3 is 55.1 Å². The molecule has 2 saturated heterocycles. The van der Waals surface area contributed by atoms with Crippen molar-refractivity contribution in [3.8, 4) is 0 Å². The molecule has 2 heterocycles. The van der Waals surface area contributed by atoms with Crippen molar-refractivity contribution in [2.45, 2.75) is 165 Å². The number of carbonyl (C=O) groups excluding carboxylic acids is 14. The van der Waals surface area contributed by atoms with E-state index in [0.29, 0.717) is 0 Å². The van der Waals surface area contributed by atoms with Crippen molar-refractivity contribution in [2.75, 3.05) is 0 Å². The molecule has 0 aromatic rings. The molecule has 0 aromatic heterocycles. The predicted molar refractivity (Wildman–Crippen MR) is 203 cm³/mol. The lowest BCUT2D eigenvalue weighted by atomic mass is 9.49. The molecule has 25 nitrogen and oxygen atoms in total. The van der Waals surface area contributed by atoms with Gasteiger partial charge in [-0.25, -0.2) is 0 Å². The van der Waals surface area contributed by atoms with E-state index in [2.05, 4.69) is 0 Å². The van der Waals surface area contributed by atoms with Gasteiger partial charge in [0.2, 0.25) is 56.0 Å². The highest BCUT2D eigenvalue weighted by molar-refractivity contribution is 6.22. The molecular formula is C40H50O25. The Morgan fingerprint density at radius 3 is 0.785 bits per heavy atom. The zero-order chi connectivity index (χ0) is 52.2. The molecule has 0 aliphatic carbocycles. The standard InChI is InChI=1S/C40H50O25/c1-15(41)29(55,16(2)42)37(26(12)52)33(59,22(8)48)32(58,21(7)47)35(61,24(10)50)39(63-37,28(14)54)65-40(31(57,19(5)45)20(6)46)36(62,25(11)51)34(60,23(9)49)38(64-40,27(13)53)30(56,17(3)43)18(4)44/h55-62H,1-14H3. The zero-order valence-corrected chi connectivity index (χ0v) is 37.5. The summed E-state index contributed by atoms with van der Waals surface area (Å²) in [5.74, 6) is -43.1. The summed E-state index contributed by atoms with van der Waals surface area (Å²) in [6.07, 6.45) is 0. The molecular weight excluding hydrogens is 880 g/mol. The third-order valence-electron chi connectivity index (χ3n) is 13.0. The Kier molecular flexibility index (Phi) is 13.6. The van der Waals surface area contributed by atoms with Crippen LogP contribution in [0.4, 0.5) is 0 Å². The number of ether oxygens (including phenoxy) is 3. The van der Waals surface area contributed by atoms with Crippen LogP contribution in [0.2, 0.25) is 0 Å². The maximum Gasteiger partial charge on any atom is 0.273 e. The van der Waals surface area contributed by atoms with Crippen LogP contribution < -0.4 is 0 Å². The lowest BCUT2D eigenvalue weighted by Gasteiger charge is -2.67. The van der Waals surface area contributed by atoms with E-state index < -0.39 is 149 Å². The second-order valence-corrected chi connectivity index (χ2v) is 16.4. The van der Waals surface area contributed by atoms with Gasteiger partial charge in [0.25, 0.3) is 11.6 Å². The summed E-state index contributed by atoms with van der Waals surface area (Å²) >= 11 is 0. The SMILES string of the molecule is CC(=O)C1(OC2(C(O)(C(C)=O)C(C)=O)OC(C(C)=O)(C(O)(C(C)=O)C(C)=O)C(O)(C(C)=O)C2(O)C(C)=O)OC(C(C)=O)(C(O)(C(C)=O)C(C)=O)C(O)(C(C)=O)C(O)(C(C)=O)C1(O)C(C)=O. The molecule has 2 aliphatic rings. The van der Waals surface area contributed by atoms with Gasteiger partial charge in [-0.1, -0.05) is 0 Å². The zero-order valence-electron chi connectivity index (χ0n) is 37.5. The van der Waals surface area contributed by atoms with E-state index in [-0.39, 0.29) is 96.9 Å². The summed E-state index contributed by atoms with van der Waals surface area (Å²) in [5, 5.41) is 101. The van der Waals surface area contributed by atoms with Crippen molar-refractivity contribution in [1.29, 1.82) is 0 Å². The van der Waals surface area contributed by atoms with Gasteiger partial charge in [-0.3, -0.25) is 67.1 Å². The van der Waals surface area contributed by atoms with Crippen LogP contribution in [0.1, 0.15) is 96.9 Å². The molecule has 2 aliphatic heterocycles. The first-order valence-corrected chi connectivity index (χ1v) is 18.9. The second kappa shape index (κ2) is 15.8. The highest BCUT2D eigenvalue weighted by Gasteiger charge is 2.99. The van der Waals surface area contributed by atoms with Crippen molar-refractivity contribution < 1.29 is 122 Å². The first-order valence-electron chi connectivity index (χ1n) is 18.9. The number of ketones is 14. The van der Waals surface area contributed by atoms with Crippen LogP contribution >= 0.6 is 0 Å². The highest BCUT2D eigenvalue weighted by Crippen LogP contribution is 2.67. The molecule has 360 valence electrons. The number of hydrogen-bond donors (Lipinski definition) is 8. The number of hydrogen-bond acceptors (Lipinski definition) is 25. The van der Waals surface area contributed by atoms with Gasteiger partial charge in [0.1, 0.15) is 0 Å². The number of Topliss-reactive ketones (excluding diaryl/α,β-unsaturated/α-hetero) is 14. The average molecular weight is 931 g/mol. The molecule has 0 amide bonds. The first kappa shape index (κ1) is 56.1. The van der Waals surface area contributed by atoms with Gasteiger partial charge in [0.05, 0.1) is 0 Å². The minimum Gasteiger partial charge on any atom is -0.376 e. The number of carbonyl (C=O) groups is 14. The molecule has 0 saturated carbocycles. The van der Waals surface area contributed by atoms with E-state index in [4.69, 9.17) is 14.2 Å². The van der Waals surface area contributed by atoms with Gasteiger partial charge >= 0.3 is 0 Å². The average Bonchev–Trinajstić information content (AvgIpc) is 3.35. The lowest BCUT2D eigenvalue weighted by Crippen LogP contribution is -2.99. The van der Waals surface area contributed by atoms with Gasteiger partial charge in [-0.05, 0) is 90.0 Å². The van der Waals surface area contributed by atoms with Crippen LogP contribution in [-0.2, 0) is 81.3 Å². The highest BCUT2D eigenvalue weighted by atomic mass is 16.8. The van der Waals surface area contributed by atoms with Crippen LogP contribution in [0.3, 0.4) is 0 Å². The summed E-state index contributed by atoms with van der Waals surface area (Å²) in [6, 6.07) is 0. The van der Waals surface area contributed by atoms with Gasteiger partial charge in [0.15, 0.2) is 81.0 Å². The summed E-state index contributed by atoms with van der Waals surface area (Å²) in [4.78, 5) is 196. The van der Waals surface area contributed by atoms with Crippen molar-refractivity contribution in [3.05, 3.63) is 0 Å². The second-order valence-electron chi connectivity index (χ2n) is 16.4. The Hall–Kier alpha value is -5.06. The van der Waals surface area contributed by atoms with Gasteiger partial charge in [0, 0.05) is 6.92 Å². The smallest absolute Gasteiger partial charge is 0.273 e. The molecule has 65 heavy (non-hydrogen) atoms. The largest absolute Gasteiger partial charge is 0.376 e. The van der Waals surface area contributed by atoms with Gasteiger partial charge in [-0.15, -0.1) is 0 Å². The molecule has 25 heteroatoms. The van der Waals surface area contributed by atoms with Crippen molar-refractivity contribution in [1.82, 2.24) is 0 Å². The predicted octanol–water partition coefficient (Wildman–Crippen LogP) is -5.97. The fourth-order valence-electron chi connectivity index (χ4n) is 9.69. The Morgan fingerprint density at radius 2 is 0.569 bits per heavy atom. The number of rotatable bonds is 19. The molecule has 2 rings (SSSR count). The molecule has 9 atom stereocenters. The maximum absolute atomic E-state index is 14.7. The van der Waals surface area contributed by atoms with Crippen LogP contribution in [-0.4, -0.2) is 189 Å². The van der Waals surface area contributed by atoms with Crippen LogP contribution in [0.25, 0.3) is 0 Å². The van der Waals surface area contributed by atoms with Gasteiger partial charge in [-0.2, -0.15) is 0 Å². The summed E-state index contributed by atoms with van der Waals surface area (Å²) in [5.41, 5.74) is -49.7. The third kappa shape index (κ3) is 5.47. The fraction of sp³-hybridized carbons (Fsp3) is 0.650. The minimum absolute atomic E-state index is 0.00890. The molecule has 2 fully saturated rings. The van der Waals surface area contributed by atoms with E-state index in [1.54, 1.807) is 0 Å². The molecule has 0 aromatic carbocycles. The Balaban J connectivity index is 4.15. The third-order valence-corrected chi connectivity index (χ3v) is 13.0. The summed E-state index contributed by atoms with van der Waals surface area (Å²) in [6.45, 7) is 1.72. The topological polar surface area (TPSA) is 429 Å². The Bertz CT molecular complexity index is 2280. The summed E-state index contributed by atoms with van der Waals surface area (Å²) < 4.78 is 16.8. The monoisotopic (exact) mass is 930 g/mol. The van der Waals surface area contributed by atoms with Crippen molar-refractivity contribution in [2.24, 2.45) is 0 Å². The molecule has 0 bridgehead atoms. The minimum atomic E-state index is -5.50. The maximum atomic E-state index is 14.7. The van der Waals surface area contributed by atoms with E-state index in [1.807, 2.05) is 0 Å². The van der Waals surface area contributed by atoms with Crippen molar-refractivity contribution in [3.63, 3.8) is 0 Å². The van der Waals surface area contributed by atoms with E-state index in [1.165, 1.54) is 0 Å². The molecule has 0 spiro atoms. The van der Waals surface area contributed by atoms with E-state index in [0.717, 1.165) is 0 Å². The molecule has 0 radical (unpaired) electrons. The lowest BCUT2D eigenvalue weighted by molar-refractivity contribution is -0.480. The first-order chi connectivity index (χ1) is 28.8. The van der Waals surface area contributed by atoms with Crippen LogP contribution in [0.5, 0.6) is 0 Å². The quantitative estimate of drug-likeness (QED) is 0.0559. The Morgan fingerprint density at radius 1 is 0.323 bits per heavy atom. The van der Waals surface area contributed by atoms with E-state index in [9.17, 15) is 108 Å². The van der Waals surface area contributed by atoms with Crippen molar-refractivity contribution >= 4 is 81.0 Å². The number of aliphatic hydroxyl groups is 8. The molecule has 9 unspecified atom stereocenters. The van der Waals surface area contributed by atoms with E-state index >= 15 is 0 Å². The Labute approximate surface area is 367 Å². The normalized spacial score (nSPS) is 35.0. The van der Waals surface area contributed by atoms with Crippen LogP contribution in [0, 0.1) is 0 Å². The fourth-order valence-corrected chi connectivity index (χ4v) is 9.69. The summed E-state index contributed by atoms with van der Waals surface area (Å²) in [7, 11) is 0.